The summed E-state index contributed by atoms with van der Waals surface area (Å²) in [6.45, 7) is 3.59. The monoisotopic (exact) mass is 261 g/mol. The number of thioether (sulfide) groups is 1. The molecule has 1 aromatic carbocycles. The van der Waals surface area contributed by atoms with Gasteiger partial charge in [-0.2, -0.15) is 0 Å². The lowest BCUT2D eigenvalue weighted by molar-refractivity contribution is 0.281. The van der Waals surface area contributed by atoms with Gasteiger partial charge in [0, 0.05) is 22.7 Å². The van der Waals surface area contributed by atoms with Crippen LogP contribution in [-0.2, 0) is 6.42 Å². The van der Waals surface area contributed by atoms with Gasteiger partial charge >= 0.3 is 0 Å². The maximum Gasteiger partial charge on any atom is 0.0260 e. The molecule has 2 aliphatic rings. The smallest absolute Gasteiger partial charge is 0.0260 e. The fourth-order valence-electron chi connectivity index (χ4n) is 3.27. The van der Waals surface area contributed by atoms with E-state index in [2.05, 4.69) is 48.3 Å². The van der Waals surface area contributed by atoms with Gasteiger partial charge in [-0.25, -0.2) is 0 Å². The number of fused-ring (bicyclic) bond motifs is 1. The van der Waals surface area contributed by atoms with E-state index in [-0.39, 0.29) is 0 Å². The van der Waals surface area contributed by atoms with Crippen LogP contribution in [0.5, 0.6) is 0 Å². The maximum absolute atomic E-state index is 3.83. The standard InChI is InChI=1S/C16H23NS/c1-12-6-2-4-8-15(12)17-11-14-10-13-7-3-5-9-16(13)18-14/h3,5,7,9,12,14-15,17H,2,4,6,8,10-11H2,1H3. The lowest BCUT2D eigenvalue weighted by Gasteiger charge is -2.30. The Morgan fingerprint density at radius 1 is 1.22 bits per heavy atom. The highest BCUT2D eigenvalue weighted by Gasteiger charge is 2.25. The highest BCUT2D eigenvalue weighted by Crippen LogP contribution is 2.36. The number of benzene rings is 1. The van der Waals surface area contributed by atoms with Crippen LogP contribution in [0.3, 0.4) is 0 Å². The number of nitrogens with one attached hydrogen (secondary N) is 1. The number of hydrogen-bond donors (Lipinski definition) is 1. The molecule has 1 saturated carbocycles. The minimum absolute atomic E-state index is 0.747. The zero-order valence-electron chi connectivity index (χ0n) is 11.2. The first-order chi connectivity index (χ1) is 8.83. The molecule has 0 bridgehead atoms. The summed E-state index contributed by atoms with van der Waals surface area (Å²) in [7, 11) is 0. The molecule has 1 N–H and O–H groups in total. The third-order valence-corrected chi connectivity index (χ3v) is 5.75. The molecule has 1 aliphatic carbocycles. The van der Waals surface area contributed by atoms with E-state index in [4.69, 9.17) is 0 Å². The molecule has 0 saturated heterocycles. The van der Waals surface area contributed by atoms with Gasteiger partial charge in [-0.3, -0.25) is 0 Å². The fourth-order valence-corrected chi connectivity index (χ4v) is 4.53. The van der Waals surface area contributed by atoms with Gasteiger partial charge in [0.1, 0.15) is 0 Å². The molecule has 0 spiro atoms. The SMILES string of the molecule is CC1CCCCC1NCC1Cc2ccccc2S1. The summed E-state index contributed by atoms with van der Waals surface area (Å²) in [5, 5.41) is 4.57. The van der Waals surface area contributed by atoms with E-state index in [1.165, 1.54) is 43.5 Å². The summed E-state index contributed by atoms with van der Waals surface area (Å²) in [6, 6.07) is 9.64. The molecular formula is C16H23NS. The van der Waals surface area contributed by atoms with Crippen LogP contribution in [0, 0.1) is 5.92 Å². The molecule has 1 nitrogen and oxygen atoms in total. The van der Waals surface area contributed by atoms with Crippen LogP contribution in [-0.4, -0.2) is 17.8 Å². The van der Waals surface area contributed by atoms with Crippen LogP contribution >= 0.6 is 11.8 Å². The van der Waals surface area contributed by atoms with Crippen molar-refractivity contribution in [3.63, 3.8) is 0 Å². The molecule has 1 fully saturated rings. The lowest BCUT2D eigenvalue weighted by atomic mass is 9.86. The molecular weight excluding hydrogens is 238 g/mol. The molecule has 3 atom stereocenters. The van der Waals surface area contributed by atoms with Crippen molar-refractivity contribution in [2.75, 3.05) is 6.54 Å². The third-order valence-electron chi connectivity index (χ3n) is 4.43. The van der Waals surface area contributed by atoms with Crippen molar-refractivity contribution < 1.29 is 0 Å². The quantitative estimate of drug-likeness (QED) is 0.886. The van der Waals surface area contributed by atoms with Crippen LogP contribution in [0.2, 0.25) is 0 Å². The van der Waals surface area contributed by atoms with Gasteiger partial charge in [0.05, 0.1) is 0 Å². The Bertz CT molecular complexity index is 379. The van der Waals surface area contributed by atoms with Crippen molar-refractivity contribution >= 4 is 11.8 Å². The second kappa shape index (κ2) is 5.66. The van der Waals surface area contributed by atoms with Gasteiger partial charge in [-0.15, -0.1) is 11.8 Å². The van der Waals surface area contributed by atoms with Crippen molar-refractivity contribution in [2.24, 2.45) is 5.92 Å². The molecule has 1 heterocycles. The topological polar surface area (TPSA) is 12.0 Å². The highest BCUT2D eigenvalue weighted by molar-refractivity contribution is 8.00. The number of hydrogen-bond acceptors (Lipinski definition) is 2. The minimum Gasteiger partial charge on any atom is -0.313 e. The predicted molar refractivity (Wildman–Crippen MR) is 79.2 cm³/mol. The summed E-state index contributed by atoms with van der Waals surface area (Å²) < 4.78 is 0. The van der Waals surface area contributed by atoms with E-state index in [0.717, 1.165) is 17.2 Å². The van der Waals surface area contributed by atoms with Gasteiger partial charge in [-0.1, -0.05) is 38.0 Å². The van der Waals surface area contributed by atoms with Crippen molar-refractivity contribution in [2.45, 2.75) is 55.2 Å². The zero-order chi connectivity index (χ0) is 12.4. The molecule has 0 radical (unpaired) electrons. The third kappa shape index (κ3) is 2.75. The Morgan fingerprint density at radius 2 is 2.06 bits per heavy atom. The lowest BCUT2D eigenvalue weighted by Crippen LogP contribution is -2.40. The Hall–Kier alpha value is -0.470. The predicted octanol–water partition coefficient (Wildman–Crippen LogP) is 3.87. The van der Waals surface area contributed by atoms with Crippen LogP contribution < -0.4 is 5.32 Å². The van der Waals surface area contributed by atoms with Crippen LogP contribution in [0.4, 0.5) is 0 Å². The van der Waals surface area contributed by atoms with Crippen LogP contribution in [0.15, 0.2) is 29.2 Å². The summed E-state index contributed by atoms with van der Waals surface area (Å²) in [6.07, 6.45) is 6.89. The largest absolute Gasteiger partial charge is 0.313 e. The molecule has 98 valence electrons. The normalized spacial score (nSPS) is 31.3. The van der Waals surface area contributed by atoms with E-state index >= 15 is 0 Å². The molecule has 0 aromatic heterocycles. The molecule has 1 aromatic rings. The molecule has 18 heavy (non-hydrogen) atoms. The molecule has 0 amide bonds. The van der Waals surface area contributed by atoms with Crippen LogP contribution in [0.1, 0.15) is 38.2 Å². The van der Waals surface area contributed by atoms with Crippen molar-refractivity contribution in [1.82, 2.24) is 5.32 Å². The van der Waals surface area contributed by atoms with E-state index in [1.807, 2.05) is 0 Å². The Balaban J connectivity index is 1.51. The average Bonchev–Trinajstić information content (AvgIpc) is 2.80. The number of rotatable bonds is 3. The van der Waals surface area contributed by atoms with E-state index in [1.54, 1.807) is 5.56 Å². The van der Waals surface area contributed by atoms with Crippen LogP contribution in [0.25, 0.3) is 0 Å². The first-order valence-electron chi connectivity index (χ1n) is 7.31. The van der Waals surface area contributed by atoms with Gasteiger partial charge < -0.3 is 5.32 Å². The molecule has 2 heteroatoms. The van der Waals surface area contributed by atoms with Crippen molar-refractivity contribution in [3.05, 3.63) is 29.8 Å². The second-order valence-electron chi connectivity index (χ2n) is 5.83. The Morgan fingerprint density at radius 3 is 2.89 bits per heavy atom. The zero-order valence-corrected chi connectivity index (χ0v) is 12.0. The Kier molecular flexibility index (Phi) is 3.95. The average molecular weight is 261 g/mol. The van der Waals surface area contributed by atoms with Gasteiger partial charge in [-0.05, 0) is 36.8 Å². The Labute approximate surface area is 115 Å². The summed E-state index contributed by atoms with van der Waals surface area (Å²) in [5.74, 6) is 0.868. The second-order valence-corrected chi connectivity index (χ2v) is 7.17. The van der Waals surface area contributed by atoms with Crippen molar-refractivity contribution in [3.8, 4) is 0 Å². The summed E-state index contributed by atoms with van der Waals surface area (Å²) >= 11 is 2.06. The van der Waals surface area contributed by atoms with Gasteiger partial charge in [0.15, 0.2) is 0 Å². The van der Waals surface area contributed by atoms with Crippen molar-refractivity contribution in [1.29, 1.82) is 0 Å². The van der Waals surface area contributed by atoms with E-state index in [9.17, 15) is 0 Å². The first kappa shape index (κ1) is 12.6. The van der Waals surface area contributed by atoms with E-state index in [0.29, 0.717) is 0 Å². The molecule has 3 unspecified atom stereocenters. The van der Waals surface area contributed by atoms with Gasteiger partial charge in [0.2, 0.25) is 0 Å². The summed E-state index contributed by atoms with van der Waals surface area (Å²) in [5.41, 5.74) is 1.55. The maximum atomic E-state index is 3.83. The van der Waals surface area contributed by atoms with E-state index < -0.39 is 0 Å². The highest BCUT2D eigenvalue weighted by atomic mass is 32.2. The molecule has 3 rings (SSSR count). The summed E-state index contributed by atoms with van der Waals surface area (Å²) in [4.78, 5) is 1.50. The fraction of sp³-hybridized carbons (Fsp3) is 0.625. The van der Waals surface area contributed by atoms with Gasteiger partial charge in [0.25, 0.3) is 0 Å². The molecule has 1 aliphatic heterocycles. The first-order valence-corrected chi connectivity index (χ1v) is 8.19. The minimum atomic E-state index is 0.747.